The molecule has 0 saturated heterocycles. The quantitative estimate of drug-likeness (QED) is 0.802. The van der Waals surface area contributed by atoms with E-state index in [0.29, 0.717) is 0 Å². The van der Waals surface area contributed by atoms with Crippen molar-refractivity contribution in [1.29, 1.82) is 0 Å². The summed E-state index contributed by atoms with van der Waals surface area (Å²) in [6.07, 6.45) is 6.87. The Balaban J connectivity index is 2.16. The molecule has 1 atom stereocenters. The van der Waals surface area contributed by atoms with Gasteiger partial charge in [0.15, 0.2) is 0 Å². The molecule has 0 amide bonds. The molecule has 2 aromatic rings. The zero-order valence-electron chi connectivity index (χ0n) is 12.8. The second-order valence-electron chi connectivity index (χ2n) is 5.32. The minimum absolute atomic E-state index is 0.164. The Morgan fingerprint density at radius 3 is 2.62 bits per heavy atom. The summed E-state index contributed by atoms with van der Waals surface area (Å²) >= 11 is 0. The largest absolute Gasteiger partial charge is 0.334 e. The van der Waals surface area contributed by atoms with Crippen LogP contribution in [0.3, 0.4) is 0 Å². The number of halogens is 1. The number of rotatable bonds is 8. The van der Waals surface area contributed by atoms with Gasteiger partial charge in [0.05, 0.1) is 6.04 Å². The Morgan fingerprint density at radius 2 is 1.95 bits per heavy atom. The molecule has 0 saturated carbocycles. The molecule has 114 valence electrons. The second-order valence-corrected chi connectivity index (χ2v) is 5.32. The van der Waals surface area contributed by atoms with Gasteiger partial charge in [-0.2, -0.15) is 0 Å². The Hall–Kier alpha value is -1.68. The predicted octanol–water partition coefficient (Wildman–Crippen LogP) is 3.72. The van der Waals surface area contributed by atoms with Gasteiger partial charge >= 0.3 is 0 Å². The Morgan fingerprint density at radius 1 is 1.19 bits per heavy atom. The van der Waals surface area contributed by atoms with Gasteiger partial charge in [-0.25, -0.2) is 9.37 Å². The summed E-state index contributed by atoms with van der Waals surface area (Å²) in [6.45, 7) is 6.24. The summed E-state index contributed by atoms with van der Waals surface area (Å²) in [7, 11) is 0. The molecule has 1 aromatic heterocycles. The first-order valence-corrected chi connectivity index (χ1v) is 7.73. The predicted molar refractivity (Wildman–Crippen MR) is 83.7 cm³/mol. The number of imidazole rings is 1. The van der Waals surface area contributed by atoms with E-state index in [1.54, 1.807) is 0 Å². The third kappa shape index (κ3) is 4.39. The Labute approximate surface area is 126 Å². The Bertz CT molecular complexity index is 533. The molecule has 0 aliphatic rings. The number of aromatic nitrogens is 2. The normalized spacial score (nSPS) is 12.5. The van der Waals surface area contributed by atoms with Crippen LogP contribution in [0.25, 0.3) is 0 Å². The minimum atomic E-state index is -0.190. The van der Waals surface area contributed by atoms with Crippen LogP contribution in [0, 0.1) is 5.82 Å². The van der Waals surface area contributed by atoms with Crippen molar-refractivity contribution >= 4 is 0 Å². The van der Waals surface area contributed by atoms with Gasteiger partial charge in [0.2, 0.25) is 0 Å². The molecule has 2 rings (SSSR count). The van der Waals surface area contributed by atoms with Crippen LogP contribution in [-0.2, 0) is 13.0 Å². The molecule has 4 heteroatoms. The van der Waals surface area contributed by atoms with Crippen LogP contribution in [0.2, 0.25) is 0 Å². The third-order valence-corrected chi connectivity index (χ3v) is 3.52. The zero-order valence-corrected chi connectivity index (χ0v) is 12.8. The number of aryl methyl sites for hydroxylation is 1. The number of nitrogens with zero attached hydrogens (tertiary/aromatic N) is 2. The molecule has 0 fully saturated rings. The summed E-state index contributed by atoms with van der Waals surface area (Å²) in [6, 6.07) is 6.90. The molecule has 1 N–H and O–H groups in total. The lowest BCUT2D eigenvalue weighted by Crippen LogP contribution is -2.27. The van der Waals surface area contributed by atoms with Gasteiger partial charge in [-0.1, -0.05) is 26.0 Å². The smallest absolute Gasteiger partial charge is 0.126 e. The van der Waals surface area contributed by atoms with E-state index in [2.05, 4.69) is 28.7 Å². The van der Waals surface area contributed by atoms with Gasteiger partial charge in [0.25, 0.3) is 0 Å². The molecule has 0 radical (unpaired) electrons. The van der Waals surface area contributed by atoms with Crippen LogP contribution >= 0.6 is 0 Å². The van der Waals surface area contributed by atoms with Crippen molar-refractivity contribution in [2.75, 3.05) is 6.54 Å². The van der Waals surface area contributed by atoms with Gasteiger partial charge in [0, 0.05) is 18.9 Å². The van der Waals surface area contributed by atoms with Crippen molar-refractivity contribution < 1.29 is 4.39 Å². The van der Waals surface area contributed by atoms with E-state index in [-0.39, 0.29) is 11.9 Å². The highest BCUT2D eigenvalue weighted by Gasteiger charge is 2.16. The van der Waals surface area contributed by atoms with Crippen molar-refractivity contribution in [1.82, 2.24) is 14.9 Å². The van der Waals surface area contributed by atoms with Crippen molar-refractivity contribution in [2.24, 2.45) is 0 Å². The molecule has 1 heterocycles. The van der Waals surface area contributed by atoms with E-state index in [4.69, 9.17) is 0 Å². The average molecular weight is 289 g/mol. The number of nitrogens with one attached hydrogen (secondary N) is 1. The van der Waals surface area contributed by atoms with E-state index in [1.807, 2.05) is 24.5 Å². The van der Waals surface area contributed by atoms with Crippen molar-refractivity contribution in [3.05, 3.63) is 53.9 Å². The number of hydrogen-bond donors (Lipinski definition) is 1. The highest BCUT2D eigenvalue weighted by molar-refractivity contribution is 5.19. The maximum Gasteiger partial charge on any atom is 0.126 e. The summed E-state index contributed by atoms with van der Waals surface area (Å²) in [5, 5.41) is 3.56. The van der Waals surface area contributed by atoms with Gasteiger partial charge in [0.1, 0.15) is 11.6 Å². The molecule has 0 aliphatic heterocycles. The first-order valence-electron chi connectivity index (χ1n) is 7.73. The minimum Gasteiger partial charge on any atom is -0.334 e. The molecule has 0 spiro atoms. The number of hydrogen-bond acceptors (Lipinski definition) is 2. The SMILES string of the molecule is CCCNC(Cc1ccc(F)cc1)c1nccn1CCC. The van der Waals surface area contributed by atoms with Crippen LogP contribution in [-0.4, -0.2) is 16.1 Å². The lowest BCUT2D eigenvalue weighted by atomic mass is 10.0. The average Bonchev–Trinajstić information content (AvgIpc) is 2.94. The van der Waals surface area contributed by atoms with Gasteiger partial charge < -0.3 is 9.88 Å². The number of benzene rings is 1. The topological polar surface area (TPSA) is 29.9 Å². The van der Waals surface area contributed by atoms with Crippen molar-refractivity contribution in [2.45, 2.75) is 45.7 Å². The Kier molecular flexibility index (Phi) is 5.93. The van der Waals surface area contributed by atoms with E-state index < -0.39 is 0 Å². The van der Waals surface area contributed by atoms with E-state index >= 15 is 0 Å². The van der Waals surface area contributed by atoms with E-state index in [1.165, 1.54) is 12.1 Å². The van der Waals surface area contributed by atoms with E-state index in [9.17, 15) is 4.39 Å². The fourth-order valence-electron chi connectivity index (χ4n) is 2.49. The lowest BCUT2D eigenvalue weighted by molar-refractivity contribution is 0.475. The third-order valence-electron chi connectivity index (χ3n) is 3.52. The highest BCUT2D eigenvalue weighted by atomic mass is 19.1. The van der Waals surface area contributed by atoms with Crippen LogP contribution in [0.5, 0.6) is 0 Å². The molecule has 21 heavy (non-hydrogen) atoms. The standard InChI is InChI=1S/C17H24FN3/c1-3-9-19-16(13-14-5-7-15(18)8-6-14)17-20-10-12-21(17)11-4-2/h5-8,10,12,16,19H,3-4,9,11,13H2,1-2H3. The monoisotopic (exact) mass is 289 g/mol. The van der Waals surface area contributed by atoms with Crippen molar-refractivity contribution in [3.63, 3.8) is 0 Å². The molecule has 0 bridgehead atoms. The van der Waals surface area contributed by atoms with Crippen LogP contribution < -0.4 is 5.32 Å². The first-order chi connectivity index (χ1) is 10.2. The summed E-state index contributed by atoms with van der Waals surface area (Å²) in [5.74, 6) is 0.874. The fourth-order valence-corrected chi connectivity index (χ4v) is 2.49. The molecule has 0 aliphatic carbocycles. The van der Waals surface area contributed by atoms with Crippen LogP contribution in [0.4, 0.5) is 4.39 Å². The second kappa shape index (κ2) is 7.93. The first kappa shape index (κ1) is 15.7. The van der Waals surface area contributed by atoms with Crippen molar-refractivity contribution in [3.8, 4) is 0 Å². The summed E-state index contributed by atoms with van der Waals surface area (Å²) < 4.78 is 15.2. The van der Waals surface area contributed by atoms with Gasteiger partial charge in [-0.15, -0.1) is 0 Å². The van der Waals surface area contributed by atoms with Gasteiger partial charge in [-0.3, -0.25) is 0 Å². The molecule has 3 nitrogen and oxygen atoms in total. The summed E-state index contributed by atoms with van der Waals surface area (Å²) in [4.78, 5) is 4.53. The molecular weight excluding hydrogens is 265 g/mol. The zero-order chi connectivity index (χ0) is 15.1. The maximum atomic E-state index is 13.0. The fraction of sp³-hybridized carbons (Fsp3) is 0.471. The lowest BCUT2D eigenvalue weighted by Gasteiger charge is -2.19. The highest BCUT2D eigenvalue weighted by Crippen LogP contribution is 2.18. The maximum absolute atomic E-state index is 13.0. The van der Waals surface area contributed by atoms with E-state index in [0.717, 1.165) is 43.7 Å². The van der Waals surface area contributed by atoms with Crippen LogP contribution in [0.1, 0.15) is 44.1 Å². The van der Waals surface area contributed by atoms with Gasteiger partial charge in [-0.05, 0) is 43.5 Å². The molecule has 1 aromatic carbocycles. The van der Waals surface area contributed by atoms with Crippen LogP contribution in [0.15, 0.2) is 36.7 Å². The molecule has 1 unspecified atom stereocenters. The molecular formula is C17H24FN3. The summed E-state index contributed by atoms with van der Waals surface area (Å²) in [5.41, 5.74) is 1.12.